The molecule has 3 aromatic rings. The van der Waals surface area contributed by atoms with Crippen LogP contribution in [0.15, 0.2) is 71.9 Å². The molecule has 5 heterocycles. The quantitative estimate of drug-likeness (QED) is 0.111. The number of quaternary nitrogens is 1. The molecule has 4 fully saturated rings. The molecule has 53 heavy (non-hydrogen) atoms. The minimum Gasteiger partial charge on any atom is -0.539 e. The predicted octanol–water partition coefficient (Wildman–Crippen LogP) is 4.82. The van der Waals surface area contributed by atoms with E-state index in [-0.39, 0.29) is 41.5 Å². The maximum absolute atomic E-state index is 14.4. The molecule has 2 bridgehead atoms. The number of β-lactam (4-membered cyclic amide) rings is 1. The lowest BCUT2D eigenvalue weighted by atomic mass is 10.00. The molecule has 5 aliphatic rings. The van der Waals surface area contributed by atoms with E-state index in [0.29, 0.717) is 48.1 Å². The van der Waals surface area contributed by atoms with Crippen LogP contribution in [0.1, 0.15) is 34.3 Å². The highest BCUT2D eigenvalue weighted by atomic mass is 35.5. The smallest absolute Gasteiger partial charge is 0.337 e. The minimum absolute atomic E-state index is 0.0371. The van der Waals surface area contributed by atoms with Crippen molar-refractivity contribution in [1.29, 1.82) is 0 Å². The van der Waals surface area contributed by atoms with Crippen molar-refractivity contribution in [3.63, 3.8) is 0 Å². The Hall–Kier alpha value is -4.04. The molecule has 1 unspecified atom stereocenters. The number of carbonyl (C=O) groups is 3. The summed E-state index contributed by atoms with van der Waals surface area (Å²) < 4.78 is 29.0. The van der Waals surface area contributed by atoms with Crippen molar-refractivity contribution >= 4 is 60.8 Å². The van der Waals surface area contributed by atoms with Crippen LogP contribution < -0.4 is 18.9 Å². The summed E-state index contributed by atoms with van der Waals surface area (Å²) in [6.07, 6.45) is 1.60. The molecule has 3 aromatic carbocycles. The number of hydrogen-bond donors (Lipinski definition) is 0. The molecule has 11 nitrogen and oxygen atoms in total. The normalized spacial score (nSPS) is 23.5. The summed E-state index contributed by atoms with van der Waals surface area (Å²) in [5.74, 6) is 1.84. The summed E-state index contributed by atoms with van der Waals surface area (Å²) in [5, 5.41) is -0.715. The number of hydrogen-bond acceptors (Lipinski definition) is 9. The molecule has 5 aliphatic heterocycles. The summed E-state index contributed by atoms with van der Waals surface area (Å²) in [6, 6.07) is 18.6. The molecular weight excluding hydrogens is 740 g/mol. The van der Waals surface area contributed by atoms with Crippen LogP contribution in [-0.2, 0) is 27.5 Å². The second kappa shape index (κ2) is 15.7. The molecular formula is C38H41BCl2N3O8S+. The Morgan fingerprint density at radius 3 is 2.13 bits per heavy atom. The van der Waals surface area contributed by atoms with E-state index in [1.165, 1.54) is 12.9 Å². The zero-order chi connectivity index (χ0) is 37.3. The van der Waals surface area contributed by atoms with Gasteiger partial charge in [-0.3, -0.25) is 14.5 Å². The molecule has 0 N–H and O–H groups in total. The lowest BCUT2D eigenvalue weighted by Crippen LogP contribution is -2.63. The van der Waals surface area contributed by atoms with Crippen LogP contribution in [0, 0.1) is 0 Å². The number of ether oxygens (including phenoxy) is 4. The molecule has 2 atom stereocenters. The number of amides is 2. The van der Waals surface area contributed by atoms with Gasteiger partial charge in [0, 0.05) is 30.2 Å². The highest BCUT2D eigenvalue weighted by Gasteiger charge is 2.54. The van der Waals surface area contributed by atoms with Gasteiger partial charge < -0.3 is 33.0 Å². The zero-order valence-corrected chi connectivity index (χ0v) is 32.2. The molecule has 4 saturated heterocycles. The molecule has 0 radical (unpaired) electrons. The third-order valence-electron chi connectivity index (χ3n) is 10.7. The lowest BCUT2D eigenvalue weighted by Gasteiger charge is -2.49. The van der Waals surface area contributed by atoms with Crippen molar-refractivity contribution in [3.8, 4) is 23.0 Å². The summed E-state index contributed by atoms with van der Waals surface area (Å²) >= 11 is 14.9. The molecule has 2 amide bonds. The fourth-order valence-electron chi connectivity index (χ4n) is 7.63. The van der Waals surface area contributed by atoms with Crippen molar-refractivity contribution in [3.05, 3.63) is 93.6 Å². The van der Waals surface area contributed by atoms with Gasteiger partial charge >= 0.3 is 14.0 Å². The molecule has 0 aliphatic carbocycles. The van der Waals surface area contributed by atoms with Gasteiger partial charge in [0.2, 0.25) is 5.91 Å². The van der Waals surface area contributed by atoms with Gasteiger partial charge in [0.25, 0.3) is 5.91 Å². The Balaban J connectivity index is 1.11. The van der Waals surface area contributed by atoms with Crippen LogP contribution in [0.25, 0.3) is 0 Å². The van der Waals surface area contributed by atoms with Gasteiger partial charge in [0.05, 0.1) is 51.0 Å². The number of fused-ring (bicyclic) bond motifs is 5. The molecule has 8 rings (SSSR count). The number of nitrogens with zero attached hydrogens (tertiary/aromatic N) is 3. The Morgan fingerprint density at radius 2 is 1.53 bits per heavy atom. The number of alkyl halides is 1. The van der Waals surface area contributed by atoms with E-state index >= 15 is 0 Å². The summed E-state index contributed by atoms with van der Waals surface area (Å²) in [7, 11) is 4.57. The maximum Gasteiger partial charge on any atom is 0.337 e. The van der Waals surface area contributed by atoms with Gasteiger partial charge in [-0.25, -0.2) is 4.79 Å². The molecule has 278 valence electrons. The number of carbonyl (C=O) groups excluding carboxylic acids is 3. The first-order valence-corrected chi connectivity index (χ1v) is 19.4. The predicted molar refractivity (Wildman–Crippen MR) is 204 cm³/mol. The number of thioether (sulfide) groups is 1. The molecule has 15 heteroatoms. The highest BCUT2D eigenvalue weighted by Crippen LogP contribution is 2.44. The molecule has 0 saturated carbocycles. The van der Waals surface area contributed by atoms with E-state index in [1.807, 2.05) is 53.4 Å². The number of methoxy groups -OCH3 is 2. The fraction of sp³-hybridized carbons (Fsp3) is 0.395. The first-order valence-electron chi connectivity index (χ1n) is 17.5. The van der Waals surface area contributed by atoms with Crippen LogP contribution in [0.4, 0.5) is 0 Å². The summed E-state index contributed by atoms with van der Waals surface area (Å²) in [5.41, 5.74) is 3.38. The number of benzene rings is 3. The first-order chi connectivity index (χ1) is 25.6. The summed E-state index contributed by atoms with van der Waals surface area (Å²) in [4.78, 5) is 43.6. The number of rotatable bonds is 12. The van der Waals surface area contributed by atoms with Crippen molar-refractivity contribution in [2.24, 2.45) is 0 Å². The maximum atomic E-state index is 14.4. The SMILES string of the molecule is BOC(=O)C1=C(C[N+]23CCC(CC2)N(C(=O)c2ccc(OCc4ccc(OC)cc4)c(OCc4ccc(OC)cc4)c2Cl)CC3)CS[C@@H]2C(Cl)C(=O)N12. The fourth-order valence-corrected chi connectivity index (χ4v) is 9.60. The van der Waals surface area contributed by atoms with Crippen LogP contribution in [0.2, 0.25) is 5.02 Å². The highest BCUT2D eigenvalue weighted by molar-refractivity contribution is 8.00. The second-order valence-electron chi connectivity index (χ2n) is 13.7. The largest absolute Gasteiger partial charge is 0.539 e. The van der Waals surface area contributed by atoms with Crippen LogP contribution in [0.5, 0.6) is 23.0 Å². The van der Waals surface area contributed by atoms with E-state index in [0.717, 1.165) is 58.6 Å². The van der Waals surface area contributed by atoms with Gasteiger partial charge in [-0.1, -0.05) is 35.9 Å². The molecule has 0 spiro atoms. The monoisotopic (exact) mass is 780 g/mol. The van der Waals surface area contributed by atoms with Gasteiger partial charge in [0.1, 0.15) is 47.7 Å². The zero-order valence-electron chi connectivity index (χ0n) is 29.8. The lowest BCUT2D eigenvalue weighted by molar-refractivity contribution is -0.924. The number of halogens is 2. The third kappa shape index (κ3) is 7.41. The van der Waals surface area contributed by atoms with E-state index < -0.39 is 11.3 Å². The summed E-state index contributed by atoms with van der Waals surface area (Å²) in [6.45, 7) is 3.95. The van der Waals surface area contributed by atoms with Crippen molar-refractivity contribution in [2.75, 3.05) is 52.7 Å². The first kappa shape index (κ1) is 37.3. The van der Waals surface area contributed by atoms with Crippen molar-refractivity contribution in [1.82, 2.24) is 9.80 Å². The minimum atomic E-state index is -0.643. The third-order valence-corrected chi connectivity index (χ3v) is 13.0. The van der Waals surface area contributed by atoms with E-state index in [9.17, 15) is 14.4 Å². The standard InChI is InChI=1S/C38H41BCl2N3O8S/c1-48-27-7-3-23(4-8-27)20-50-30-12-11-29(31(40)34(30)51-21-24-5-9-28(49-2)10-6-24)35(45)42-15-18-44(16-13-26(42)14-17-44)19-25-22-53-37-32(41)36(46)43(37)33(25)38(47)52-39/h3-12,26,32,37H,13-22,39H2,1-2H3/q+1/t26?,32?,37-,44?/m1/s1. The Labute approximate surface area is 324 Å². The van der Waals surface area contributed by atoms with Crippen molar-refractivity contribution in [2.45, 2.75) is 42.8 Å². The van der Waals surface area contributed by atoms with Crippen molar-refractivity contribution < 1.29 is 42.5 Å². The van der Waals surface area contributed by atoms with Gasteiger partial charge in [-0.05, 0) is 47.5 Å². The topological polar surface area (TPSA) is 104 Å². The average Bonchev–Trinajstić information content (AvgIpc) is 3.49. The van der Waals surface area contributed by atoms with Gasteiger partial charge in [-0.2, -0.15) is 0 Å². The Kier molecular flexibility index (Phi) is 11.1. The van der Waals surface area contributed by atoms with E-state index in [2.05, 4.69) is 0 Å². The van der Waals surface area contributed by atoms with Gasteiger partial charge in [-0.15, -0.1) is 23.4 Å². The van der Waals surface area contributed by atoms with E-state index in [1.54, 1.807) is 38.1 Å². The van der Waals surface area contributed by atoms with E-state index in [4.69, 9.17) is 46.8 Å². The van der Waals surface area contributed by atoms with Gasteiger partial charge in [0.15, 0.2) is 11.5 Å². The van der Waals surface area contributed by atoms with Crippen LogP contribution in [0.3, 0.4) is 0 Å². The van der Waals surface area contributed by atoms with Crippen LogP contribution in [-0.4, -0.2) is 110 Å². The Bertz CT molecular complexity index is 1910. The molecule has 0 aromatic heterocycles. The Morgan fingerprint density at radius 1 is 0.906 bits per heavy atom. The van der Waals surface area contributed by atoms with Crippen LogP contribution >= 0.6 is 35.0 Å². The second-order valence-corrected chi connectivity index (χ2v) is 15.6. The number of piperidine rings is 1. The average molecular weight is 782 g/mol.